The number of thiophene rings is 1. The number of allylic oxidation sites excluding steroid dienone is 1. The highest BCUT2D eigenvalue weighted by Gasteiger charge is 2.19. The van der Waals surface area contributed by atoms with Gasteiger partial charge in [-0.3, -0.25) is 4.79 Å². The summed E-state index contributed by atoms with van der Waals surface area (Å²) >= 11 is 1.83. The van der Waals surface area contributed by atoms with Crippen LogP contribution in [0.4, 0.5) is 0 Å². The molecule has 202 valence electrons. The van der Waals surface area contributed by atoms with Gasteiger partial charge >= 0.3 is 5.97 Å². The lowest BCUT2D eigenvalue weighted by Gasteiger charge is -2.16. The fourth-order valence-electron chi connectivity index (χ4n) is 5.57. The van der Waals surface area contributed by atoms with Crippen molar-refractivity contribution in [2.24, 2.45) is 0 Å². The quantitative estimate of drug-likeness (QED) is 0.107. The van der Waals surface area contributed by atoms with Crippen molar-refractivity contribution in [2.45, 2.75) is 33.1 Å². The summed E-state index contributed by atoms with van der Waals surface area (Å²) in [7, 11) is 0. The molecular weight excluding hydrogens is 524 g/mol. The van der Waals surface area contributed by atoms with Gasteiger partial charge in [-0.15, -0.1) is 11.3 Å². The van der Waals surface area contributed by atoms with Crippen LogP contribution < -0.4 is 4.74 Å². The van der Waals surface area contributed by atoms with E-state index in [1.807, 2.05) is 23.5 Å². The number of ketones is 1. The average Bonchev–Trinajstić information content (AvgIpc) is 3.37. The number of carbonyl (C=O) groups is 2. The number of Topliss-reactive ketones (excluding diaryl/α,β-unsaturated/α-hetero) is 1. The summed E-state index contributed by atoms with van der Waals surface area (Å²) in [5, 5.41) is 7.52. The molecule has 0 aliphatic carbocycles. The predicted molar refractivity (Wildman–Crippen MR) is 172 cm³/mol. The minimum Gasteiger partial charge on any atom is -0.423 e. The van der Waals surface area contributed by atoms with Gasteiger partial charge < -0.3 is 4.74 Å². The fourth-order valence-corrected chi connectivity index (χ4v) is 6.84. The Bertz CT molecular complexity index is 2000. The van der Waals surface area contributed by atoms with Crippen LogP contribution in [0.2, 0.25) is 0 Å². The first-order valence-electron chi connectivity index (χ1n) is 13.7. The minimum absolute atomic E-state index is 0.0286. The van der Waals surface area contributed by atoms with Crippen molar-refractivity contribution in [2.75, 3.05) is 0 Å². The number of ether oxygens (including phenoxy) is 1. The molecule has 0 fully saturated rings. The normalized spacial score (nSPS) is 11.4. The van der Waals surface area contributed by atoms with Crippen molar-refractivity contribution in [1.29, 1.82) is 0 Å². The first kappa shape index (κ1) is 26.7. The van der Waals surface area contributed by atoms with E-state index in [4.69, 9.17) is 4.74 Å². The third-order valence-corrected chi connectivity index (χ3v) is 8.91. The van der Waals surface area contributed by atoms with Crippen LogP contribution in [-0.2, 0) is 28.9 Å². The first-order chi connectivity index (χ1) is 19.8. The van der Waals surface area contributed by atoms with Crippen molar-refractivity contribution in [1.82, 2.24) is 0 Å². The second kappa shape index (κ2) is 10.8. The zero-order chi connectivity index (χ0) is 28.7. The molecule has 0 saturated heterocycles. The lowest BCUT2D eigenvalue weighted by atomic mass is 9.92. The number of esters is 1. The molecule has 0 atom stereocenters. The van der Waals surface area contributed by atoms with Crippen LogP contribution in [0.1, 0.15) is 30.5 Å². The molecule has 1 aromatic heterocycles. The van der Waals surface area contributed by atoms with Crippen molar-refractivity contribution in [3.05, 3.63) is 126 Å². The molecule has 4 heteroatoms. The van der Waals surface area contributed by atoms with Crippen molar-refractivity contribution in [3.63, 3.8) is 0 Å². The third-order valence-electron chi connectivity index (χ3n) is 7.68. The average molecular weight is 555 g/mol. The SMILES string of the molecule is C=C(C)C(=O)Cc1cccc(OC(=O)C(=C)C)c1CCc1cc2ccccc2c2c1sc1ccc3ccccc3c12. The van der Waals surface area contributed by atoms with Gasteiger partial charge in [0, 0.05) is 32.2 Å². The maximum absolute atomic E-state index is 12.7. The first-order valence-corrected chi connectivity index (χ1v) is 14.5. The zero-order valence-corrected chi connectivity index (χ0v) is 24.1. The molecular formula is C37H30O3S. The van der Waals surface area contributed by atoms with Crippen LogP contribution in [0.25, 0.3) is 41.7 Å². The Morgan fingerprint density at radius 3 is 2.17 bits per heavy atom. The highest BCUT2D eigenvalue weighted by molar-refractivity contribution is 7.26. The number of rotatable bonds is 8. The number of carbonyl (C=O) groups excluding carboxylic acids is 2. The molecule has 6 rings (SSSR count). The number of fused-ring (bicyclic) bond motifs is 7. The number of benzene rings is 5. The van der Waals surface area contributed by atoms with Crippen LogP contribution in [-0.4, -0.2) is 11.8 Å². The summed E-state index contributed by atoms with van der Waals surface area (Å²) in [5.74, 6) is -0.0254. The lowest BCUT2D eigenvalue weighted by Crippen LogP contribution is -2.13. The molecule has 0 amide bonds. The molecule has 6 aromatic rings. The molecule has 0 aliphatic rings. The van der Waals surface area contributed by atoms with Crippen LogP contribution in [0.3, 0.4) is 0 Å². The standard InChI is InChI=1S/C37H30O3S/c1-22(2)31(38)21-26-12-9-15-32(40-37(39)23(3)4)28(26)18-16-27-20-25-11-6-8-14-30(25)35-34-29-13-7-5-10-24(29)17-19-33(34)41-36(27)35/h5-15,17,19-20H,1,3,16,18,21H2,2,4H3. The van der Waals surface area contributed by atoms with E-state index in [0.29, 0.717) is 23.3 Å². The maximum Gasteiger partial charge on any atom is 0.338 e. The second-order valence-corrected chi connectivity index (χ2v) is 11.7. The molecule has 0 bridgehead atoms. The molecule has 5 aromatic carbocycles. The zero-order valence-electron chi connectivity index (χ0n) is 23.3. The van der Waals surface area contributed by atoms with Crippen molar-refractivity contribution >= 4 is 64.8 Å². The van der Waals surface area contributed by atoms with Gasteiger partial charge in [0.2, 0.25) is 0 Å². The van der Waals surface area contributed by atoms with Gasteiger partial charge in [0.15, 0.2) is 5.78 Å². The molecule has 0 spiro atoms. The Morgan fingerprint density at radius 1 is 0.732 bits per heavy atom. The van der Waals surface area contributed by atoms with E-state index in [1.54, 1.807) is 19.9 Å². The van der Waals surface area contributed by atoms with Gasteiger partial charge in [-0.2, -0.15) is 0 Å². The smallest absolute Gasteiger partial charge is 0.338 e. The molecule has 0 radical (unpaired) electrons. The summed E-state index contributed by atoms with van der Waals surface area (Å²) < 4.78 is 8.30. The number of hydrogen-bond acceptors (Lipinski definition) is 4. The molecule has 0 N–H and O–H groups in total. The van der Waals surface area contributed by atoms with Gasteiger partial charge in [-0.25, -0.2) is 4.79 Å². The van der Waals surface area contributed by atoms with Gasteiger partial charge in [0.05, 0.1) is 0 Å². The number of aryl methyl sites for hydroxylation is 1. The highest BCUT2D eigenvalue weighted by atomic mass is 32.1. The van der Waals surface area contributed by atoms with Crippen LogP contribution in [0.5, 0.6) is 5.75 Å². The highest BCUT2D eigenvalue weighted by Crippen LogP contribution is 2.44. The summed E-state index contributed by atoms with van der Waals surface area (Å²) in [6, 6.07) is 29.4. The van der Waals surface area contributed by atoms with Crippen molar-refractivity contribution < 1.29 is 14.3 Å². The minimum atomic E-state index is -0.473. The largest absolute Gasteiger partial charge is 0.423 e. The monoisotopic (exact) mass is 554 g/mol. The summed E-state index contributed by atoms with van der Waals surface area (Å²) in [4.78, 5) is 25.2. The predicted octanol–water partition coefficient (Wildman–Crippen LogP) is 9.32. The Hall–Kier alpha value is -4.54. The fraction of sp³-hybridized carbons (Fsp3) is 0.135. The molecule has 0 aliphatic heterocycles. The van der Waals surface area contributed by atoms with Crippen molar-refractivity contribution in [3.8, 4) is 5.75 Å². The summed E-state index contributed by atoms with van der Waals surface area (Å²) in [6.45, 7) is 10.9. The maximum atomic E-state index is 12.7. The van der Waals surface area contributed by atoms with Crippen LogP contribution in [0, 0.1) is 0 Å². The Kier molecular flexibility index (Phi) is 7.02. The van der Waals surface area contributed by atoms with E-state index in [2.05, 4.69) is 79.9 Å². The Balaban J connectivity index is 1.51. The van der Waals surface area contributed by atoms with E-state index >= 15 is 0 Å². The van der Waals surface area contributed by atoms with E-state index in [-0.39, 0.29) is 12.2 Å². The molecule has 3 nitrogen and oxygen atoms in total. The molecule has 41 heavy (non-hydrogen) atoms. The van der Waals surface area contributed by atoms with E-state index < -0.39 is 5.97 Å². The van der Waals surface area contributed by atoms with Gasteiger partial charge in [-0.1, -0.05) is 79.9 Å². The van der Waals surface area contributed by atoms with E-state index in [0.717, 1.165) is 17.5 Å². The number of hydrogen-bond donors (Lipinski definition) is 0. The van der Waals surface area contributed by atoms with Crippen LogP contribution in [0.15, 0.2) is 109 Å². The van der Waals surface area contributed by atoms with Gasteiger partial charge in [-0.05, 0) is 88.7 Å². The third kappa shape index (κ3) is 4.96. The molecule has 0 unspecified atom stereocenters. The Morgan fingerprint density at radius 2 is 1.44 bits per heavy atom. The summed E-state index contributed by atoms with van der Waals surface area (Å²) in [5.41, 5.74) is 3.79. The van der Waals surface area contributed by atoms with E-state index in [9.17, 15) is 9.59 Å². The Labute approximate surface area is 243 Å². The lowest BCUT2D eigenvalue weighted by molar-refractivity contribution is -0.130. The topological polar surface area (TPSA) is 43.4 Å². The summed E-state index contributed by atoms with van der Waals surface area (Å²) in [6.07, 6.45) is 1.55. The van der Waals surface area contributed by atoms with Gasteiger partial charge in [0.1, 0.15) is 5.75 Å². The molecule has 1 heterocycles. The van der Waals surface area contributed by atoms with Crippen LogP contribution >= 0.6 is 11.3 Å². The molecule has 0 saturated carbocycles. The second-order valence-electron chi connectivity index (χ2n) is 10.7. The van der Waals surface area contributed by atoms with Gasteiger partial charge in [0.25, 0.3) is 0 Å². The van der Waals surface area contributed by atoms with E-state index in [1.165, 1.54) is 47.3 Å².